The molecule has 0 radical (unpaired) electrons. The van der Waals surface area contributed by atoms with Gasteiger partial charge < -0.3 is 15.5 Å². The summed E-state index contributed by atoms with van der Waals surface area (Å²) in [7, 11) is 1.87. The van der Waals surface area contributed by atoms with Crippen LogP contribution in [0.5, 0.6) is 0 Å². The van der Waals surface area contributed by atoms with Crippen molar-refractivity contribution in [2.24, 2.45) is 0 Å². The topological polar surface area (TPSA) is 57.3 Å². The number of pyridine rings is 1. The summed E-state index contributed by atoms with van der Waals surface area (Å²) in [6, 6.07) is 6.30. The molecule has 0 bridgehead atoms. The molecule has 1 saturated heterocycles. The predicted molar refractivity (Wildman–Crippen MR) is 72.8 cm³/mol. The average Bonchev–Trinajstić information content (AvgIpc) is 2.39. The van der Waals surface area contributed by atoms with Crippen molar-refractivity contribution in [3.63, 3.8) is 0 Å². The molecule has 2 rings (SSSR count). The molecule has 0 unspecified atom stereocenters. The van der Waals surface area contributed by atoms with Gasteiger partial charge in [0.15, 0.2) is 0 Å². The molecule has 0 saturated carbocycles. The lowest BCUT2D eigenvalue weighted by atomic mass is 10.1. The maximum absolute atomic E-state index is 11.0. The zero-order valence-electron chi connectivity index (χ0n) is 10.9. The molecule has 1 fully saturated rings. The number of nitrogens with one attached hydrogen (secondary N) is 2. The summed E-state index contributed by atoms with van der Waals surface area (Å²) in [6.07, 6.45) is 1.95. The lowest BCUT2D eigenvalue weighted by molar-refractivity contribution is -0.119. The zero-order valence-corrected chi connectivity index (χ0v) is 10.9. The fourth-order valence-electron chi connectivity index (χ4n) is 2.28. The molecule has 0 aromatic carbocycles. The van der Waals surface area contributed by atoms with Crippen LogP contribution >= 0.6 is 0 Å². The highest BCUT2D eigenvalue weighted by atomic mass is 16.1. The molecular formula is C13H20N4O. The van der Waals surface area contributed by atoms with E-state index in [1.807, 2.05) is 25.2 Å². The molecule has 5 heteroatoms. The van der Waals surface area contributed by atoms with Gasteiger partial charge in [0.1, 0.15) is 11.6 Å². The predicted octanol–water partition coefficient (Wildman–Crippen LogP) is 1.23. The molecule has 2 heterocycles. The van der Waals surface area contributed by atoms with Gasteiger partial charge in [-0.3, -0.25) is 4.79 Å². The molecule has 0 aliphatic carbocycles. The van der Waals surface area contributed by atoms with Crippen LogP contribution in [-0.2, 0) is 4.79 Å². The number of amides is 1. The van der Waals surface area contributed by atoms with E-state index in [0.29, 0.717) is 6.04 Å². The van der Waals surface area contributed by atoms with Gasteiger partial charge in [0.2, 0.25) is 5.91 Å². The third-order valence-corrected chi connectivity index (χ3v) is 3.22. The van der Waals surface area contributed by atoms with Crippen LogP contribution < -0.4 is 15.5 Å². The Kier molecular flexibility index (Phi) is 4.02. The van der Waals surface area contributed by atoms with Gasteiger partial charge in [-0.25, -0.2) is 4.98 Å². The van der Waals surface area contributed by atoms with Gasteiger partial charge in [-0.1, -0.05) is 6.07 Å². The van der Waals surface area contributed by atoms with Crippen molar-refractivity contribution >= 4 is 17.5 Å². The molecule has 18 heavy (non-hydrogen) atoms. The summed E-state index contributed by atoms with van der Waals surface area (Å²) in [4.78, 5) is 17.8. The molecule has 1 aromatic heterocycles. The van der Waals surface area contributed by atoms with Crippen LogP contribution in [0.25, 0.3) is 0 Å². The average molecular weight is 248 g/mol. The van der Waals surface area contributed by atoms with Gasteiger partial charge in [-0.15, -0.1) is 0 Å². The Labute approximate surface area is 108 Å². The number of carbonyl (C=O) groups is 1. The number of carbonyl (C=O) groups excluding carboxylic acids is 1. The molecule has 1 aliphatic heterocycles. The van der Waals surface area contributed by atoms with E-state index in [4.69, 9.17) is 0 Å². The molecule has 1 aromatic rings. The molecule has 5 nitrogen and oxygen atoms in total. The van der Waals surface area contributed by atoms with Crippen LogP contribution in [0.2, 0.25) is 0 Å². The minimum atomic E-state index is 0.0590. The minimum absolute atomic E-state index is 0.0590. The smallest absolute Gasteiger partial charge is 0.217 e. The Hall–Kier alpha value is -1.78. The highest BCUT2D eigenvalue weighted by molar-refractivity contribution is 5.73. The van der Waals surface area contributed by atoms with Crippen molar-refractivity contribution in [1.82, 2.24) is 10.3 Å². The van der Waals surface area contributed by atoms with Gasteiger partial charge in [-0.2, -0.15) is 0 Å². The van der Waals surface area contributed by atoms with Crippen molar-refractivity contribution < 1.29 is 4.79 Å². The van der Waals surface area contributed by atoms with E-state index in [-0.39, 0.29) is 5.91 Å². The minimum Gasteiger partial charge on any atom is -0.373 e. The van der Waals surface area contributed by atoms with E-state index < -0.39 is 0 Å². The van der Waals surface area contributed by atoms with E-state index in [9.17, 15) is 4.79 Å². The Balaban J connectivity index is 1.94. The van der Waals surface area contributed by atoms with E-state index in [1.165, 1.54) is 0 Å². The van der Waals surface area contributed by atoms with Crippen molar-refractivity contribution in [3.8, 4) is 0 Å². The third kappa shape index (κ3) is 3.12. The summed E-state index contributed by atoms with van der Waals surface area (Å²) >= 11 is 0. The molecule has 2 N–H and O–H groups in total. The van der Waals surface area contributed by atoms with Gasteiger partial charge in [-0.05, 0) is 25.0 Å². The van der Waals surface area contributed by atoms with Crippen molar-refractivity contribution in [2.45, 2.75) is 25.8 Å². The molecule has 0 spiro atoms. The summed E-state index contributed by atoms with van der Waals surface area (Å²) in [5.41, 5.74) is 0. The summed E-state index contributed by atoms with van der Waals surface area (Å²) in [5.74, 6) is 1.95. The second-order valence-electron chi connectivity index (χ2n) is 4.59. The number of anilines is 2. The fraction of sp³-hybridized carbons (Fsp3) is 0.538. The first-order valence-corrected chi connectivity index (χ1v) is 6.36. The van der Waals surface area contributed by atoms with Crippen molar-refractivity contribution in [3.05, 3.63) is 18.2 Å². The van der Waals surface area contributed by atoms with Crippen LogP contribution in [0.4, 0.5) is 11.6 Å². The van der Waals surface area contributed by atoms with Crippen LogP contribution in [0.15, 0.2) is 18.2 Å². The maximum atomic E-state index is 11.0. The molecule has 0 atom stereocenters. The Morgan fingerprint density at radius 3 is 2.72 bits per heavy atom. The molecule has 1 aliphatic rings. The molecular weight excluding hydrogens is 228 g/mol. The fourth-order valence-corrected chi connectivity index (χ4v) is 2.28. The van der Waals surface area contributed by atoms with E-state index in [0.717, 1.165) is 37.6 Å². The number of piperidine rings is 1. The maximum Gasteiger partial charge on any atom is 0.217 e. The monoisotopic (exact) mass is 248 g/mol. The van der Waals surface area contributed by atoms with Crippen molar-refractivity contribution in [2.75, 3.05) is 30.4 Å². The zero-order chi connectivity index (χ0) is 13.0. The number of hydrogen-bond acceptors (Lipinski definition) is 4. The van der Waals surface area contributed by atoms with Crippen LogP contribution in [0.3, 0.4) is 0 Å². The van der Waals surface area contributed by atoms with E-state index in [1.54, 1.807) is 6.92 Å². The van der Waals surface area contributed by atoms with Gasteiger partial charge >= 0.3 is 0 Å². The Bertz CT molecular complexity index is 413. The van der Waals surface area contributed by atoms with Gasteiger partial charge in [0, 0.05) is 33.1 Å². The second-order valence-corrected chi connectivity index (χ2v) is 4.59. The van der Waals surface area contributed by atoms with Crippen LogP contribution in [0.1, 0.15) is 19.8 Å². The van der Waals surface area contributed by atoms with Crippen molar-refractivity contribution in [1.29, 1.82) is 0 Å². The first-order chi connectivity index (χ1) is 8.69. The number of rotatable bonds is 3. The lowest BCUT2D eigenvalue weighted by Gasteiger charge is -2.33. The molecule has 1 amide bonds. The van der Waals surface area contributed by atoms with E-state index in [2.05, 4.69) is 20.5 Å². The first-order valence-electron chi connectivity index (χ1n) is 6.36. The number of aromatic nitrogens is 1. The lowest BCUT2D eigenvalue weighted by Crippen LogP contribution is -2.44. The standard InChI is InChI=1S/C13H20N4O/c1-10(18)15-11-6-8-17(9-7-11)13-5-3-4-12(14-2)16-13/h3-5,11H,6-9H2,1-2H3,(H,14,16)(H,15,18). The third-order valence-electron chi connectivity index (χ3n) is 3.22. The van der Waals surface area contributed by atoms with E-state index >= 15 is 0 Å². The summed E-state index contributed by atoms with van der Waals surface area (Å²) in [5, 5.41) is 6.02. The SMILES string of the molecule is CNc1cccc(N2CCC(NC(C)=O)CC2)n1. The quantitative estimate of drug-likeness (QED) is 0.844. The molecule has 98 valence electrons. The summed E-state index contributed by atoms with van der Waals surface area (Å²) < 4.78 is 0. The van der Waals surface area contributed by atoms with Crippen LogP contribution in [0, 0.1) is 0 Å². The first kappa shape index (κ1) is 12.7. The van der Waals surface area contributed by atoms with Gasteiger partial charge in [0.05, 0.1) is 0 Å². The number of hydrogen-bond donors (Lipinski definition) is 2. The second kappa shape index (κ2) is 5.71. The number of nitrogens with zero attached hydrogens (tertiary/aromatic N) is 2. The van der Waals surface area contributed by atoms with Crippen LogP contribution in [-0.4, -0.2) is 37.1 Å². The highest BCUT2D eigenvalue weighted by Gasteiger charge is 2.20. The Morgan fingerprint density at radius 1 is 1.39 bits per heavy atom. The highest BCUT2D eigenvalue weighted by Crippen LogP contribution is 2.19. The summed E-state index contributed by atoms with van der Waals surface area (Å²) in [6.45, 7) is 3.44. The van der Waals surface area contributed by atoms with Gasteiger partial charge in [0.25, 0.3) is 0 Å². The largest absolute Gasteiger partial charge is 0.373 e. The Morgan fingerprint density at radius 2 is 2.11 bits per heavy atom. The normalized spacial score (nSPS) is 16.4.